The van der Waals surface area contributed by atoms with Crippen LogP contribution in [-0.4, -0.2) is 40.4 Å². The predicted octanol–water partition coefficient (Wildman–Crippen LogP) is 0.355. The van der Waals surface area contributed by atoms with Crippen molar-refractivity contribution in [1.82, 2.24) is 14.9 Å². The number of aromatic nitrogens is 2. The van der Waals surface area contributed by atoms with Gasteiger partial charge in [-0.05, 0) is 6.42 Å². The minimum Gasteiger partial charge on any atom is -0.382 e. The van der Waals surface area contributed by atoms with Gasteiger partial charge < -0.3 is 16.0 Å². The van der Waals surface area contributed by atoms with Gasteiger partial charge in [-0.3, -0.25) is 4.79 Å². The van der Waals surface area contributed by atoms with Crippen molar-refractivity contribution in [2.24, 2.45) is 0 Å². The number of likely N-dealkylation sites (N-methyl/N-ethyl adjacent to an activating group) is 1. The molecule has 1 saturated heterocycles. The van der Waals surface area contributed by atoms with Gasteiger partial charge in [-0.1, -0.05) is 11.6 Å². The molecule has 1 atom stereocenters. The Balaban J connectivity index is 2.16. The Bertz CT molecular complexity index is 424. The third-order valence-corrected chi connectivity index (χ3v) is 2.93. The monoisotopic (exact) mass is 241 g/mol. The molecule has 86 valence electrons. The molecule has 1 aromatic heterocycles. The van der Waals surface area contributed by atoms with E-state index in [2.05, 4.69) is 15.3 Å². The molecule has 1 fully saturated rings. The summed E-state index contributed by atoms with van der Waals surface area (Å²) in [5.41, 5.74) is 5.54. The van der Waals surface area contributed by atoms with Gasteiger partial charge in [-0.25, -0.2) is 9.97 Å². The maximum absolute atomic E-state index is 11.7. The molecule has 6 nitrogen and oxygen atoms in total. The molecule has 1 aliphatic rings. The van der Waals surface area contributed by atoms with Crippen LogP contribution in [0.25, 0.3) is 0 Å². The van der Waals surface area contributed by atoms with Crippen LogP contribution in [0.15, 0.2) is 6.33 Å². The summed E-state index contributed by atoms with van der Waals surface area (Å²) in [4.78, 5) is 21.0. The van der Waals surface area contributed by atoms with Crippen molar-refractivity contribution in [3.63, 3.8) is 0 Å². The van der Waals surface area contributed by atoms with Crippen molar-refractivity contribution in [2.45, 2.75) is 12.5 Å². The minimum atomic E-state index is -0.281. The zero-order valence-electron chi connectivity index (χ0n) is 8.77. The van der Waals surface area contributed by atoms with Gasteiger partial charge in [-0.2, -0.15) is 0 Å². The van der Waals surface area contributed by atoms with E-state index in [-0.39, 0.29) is 22.8 Å². The van der Waals surface area contributed by atoms with Crippen LogP contribution < -0.4 is 11.1 Å². The van der Waals surface area contributed by atoms with E-state index in [1.165, 1.54) is 6.33 Å². The number of anilines is 2. The SMILES string of the molecule is CN1CCC(Nc2ncnc(N)c2Cl)C1=O. The number of nitrogen functional groups attached to an aromatic ring is 1. The Labute approximate surface area is 97.8 Å². The predicted molar refractivity (Wildman–Crippen MR) is 61.1 cm³/mol. The summed E-state index contributed by atoms with van der Waals surface area (Å²) < 4.78 is 0. The van der Waals surface area contributed by atoms with E-state index in [1.54, 1.807) is 11.9 Å². The van der Waals surface area contributed by atoms with E-state index in [4.69, 9.17) is 17.3 Å². The second-order valence-corrected chi connectivity index (χ2v) is 4.04. The van der Waals surface area contributed by atoms with Gasteiger partial charge >= 0.3 is 0 Å². The Hall–Kier alpha value is -1.56. The highest BCUT2D eigenvalue weighted by Gasteiger charge is 2.29. The number of carbonyl (C=O) groups excluding carboxylic acids is 1. The first-order valence-electron chi connectivity index (χ1n) is 4.87. The molecule has 0 saturated carbocycles. The molecule has 3 N–H and O–H groups in total. The Kier molecular flexibility index (Phi) is 2.82. The van der Waals surface area contributed by atoms with E-state index in [1.807, 2.05) is 0 Å². The van der Waals surface area contributed by atoms with Crippen molar-refractivity contribution < 1.29 is 4.79 Å². The lowest BCUT2D eigenvalue weighted by molar-refractivity contribution is -0.127. The first-order valence-corrected chi connectivity index (χ1v) is 5.25. The van der Waals surface area contributed by atoms with Crippen LogP contribution in [0.2, 0.25) is 5.02 Å². The van der Waals surface area contributed by atoms with Crippen LogP contribution in [0.4, 0.5) is 11.6 Å². The Morgan fingerprint density at radius 3 is 3.00 bits per heavy atom. The van der Waals surface area contributed by atoms with Crippen LogP contribution in [0.1, 0.15) is 6.42 Å². The van der Waals surface area contributed by atoms with Crippen molar-refractivity contribution in [3.05, 3.63) is 11.3 Å². The first-order chi connectivity index (χ1) is 7.59. The van der Waals surface area contributed by atoms with Crippen LogP contribution in [0.3, 0.4) is 0 Å². The van der Waals surface area contributed by atoms with Gasteiger partial charge in [0.25, 0.3) is 0 Å². The second kappa shape index (κ2) is 4.13. The maximum Gasteiger partial charge on any atom is 0.244 e. The van der Waals surface area contributed by atoms with Crippen molar-refractivity contribution >= 4 is 29.1 Å². The highest BCUT2D eigenvalue weighted by molar-refractivity contribution is 6.35. The molecular weight excluding hydrogens is 230 g/mol. The van der Waals surface area contributed by atoms with E-state index in [0.717, 1.165) is 13.0 Å². The molecule has 1 aliphatic heterocycles. The molecule has 1 amide bonds. The molecular formula is C9H12ClN5O. The van der Waals surface area contributed by atoms with Gasteiger partial charge in [0, 0.05) is 13.6 Å². The van der Waals surface area contributed by atoms with E-state index in [9.17, 15) is 4.79 Å². The number of carbonyl (C=O) groups is 1. The minimum absolute atomic E-state index is 0.0354. The number of nitrogens with one attached hydrogen (secondary N) is 1. The lowest BCUT2D eigenvalue weighted by Crippen LogP contribution is -2.31. The summed E-state index contributed by atoms with van der Waals surface area (Å²) in [5, 5.41) is 3.23. The van der Waals surface area contributed by atoms with E-state index < -0.39 is 0 Å². The summed E-state index contributed by atoms with van der Waals surface area (Å²) in [7, 11) is 1.76. The average molecular weight is 242 g/mol. The zero-order valence-corrected chi connectivity index (χ0v) is 9.53. The standard InChI is InChI=1S/C9H12ClN5O/c1-15-3-2-5(9(15)16)14-8-6(10)7(11)12-4-13-8/h4-5H,2-3H2,1H3,(H3,11,12,13,14). The largest absolute Gasteiger partial charge is 0.382 e. The van der Waals surface area contributed by atoms with Crippen molar-refractivity contribution in [3.8, 4) is 0 Å². The van der Waals surface area contributed by atoms with E-state index in [0.29, 0.717) is 5.82 Å². The summed E-state index contributed by atoms with van der Waals surface area (Å²) in [6.45, 7) is 0.731. The molecule has 2 rings (SSSR count). The van der Waals surface area contributed by atoms with Crippen LogP contribution in [0, 0.1) is 0 Å². The van der Waals surface area contributed by atoms with Crippen LogP contribution in [0.5, 0.6) is 0 Å². The maximum atomic E-state index is 11.7. The lowest BCUT2D eigenvalue weighted by Gasteiger charge is -2.13. The van der Waals surface area contributed by atoms with Gasteiger partial charge in [-0.15, -0.1) is 0 Å². The quantitative estimate of drug-likeness (QED) is 0.781. The number of hydrogen-bond donors (Lipinski definition) is 2. The van der Waals surface area contributed by atoms with Gasteiger partial charge in [0.1, 0.15) is 23.2 Å². The molecule has 0 aromatic carbocycles. The van der Waals surface area contributed by atoms with Crippen LogP contribution in [-0.2, 0) is 4.79 Å². The van der Waals surface area contributed by atoms with Crippen molar-refractivity contribution in [1.29, 1.82) is 0 Å². The first kappa shape index (κ1) is 10.9. The number of hydrogen-bond acceptors (Lipinski definition) is 5. The fourth-order valence-corrected chi connectivity index (χ4v) is 1.76. The molecule has 16 heavy (non-hydrogen) atoms. The Morgan fingerprint density at radius 1 is 1.62 bits per heavy atom. The summed E-state index contributed by atoms with van der Waals surface area (Å²) in [6.07, 6.45) is 2.04. The second-order valence-electron chi connectivity index (χ2n) is 3.67. The highest BCUT2D eigenvalue weighted by atomic mass is 35.5. The summed E-state index contributed by atoms with van der Waals surface area (Å²) in [5.74, 6) is 0.647. The van der Waals surface area contributed by atoms with Gasteiger partial charge in [0.05, 0.1) is 0 Å². The number of nitrogens with zero attached hydrogens (tertiary/aromatic N) is 3. The highest BCUT2D eigenvalue weighted by Crippen LogP contribution is 2.25. The Morgan fingerprint density at radius 2 is 2.38 bits per heavy atom. The molecule has 0 bridgehead atoms. The molecule has 7 heteroatoms. The van der Waals surface area contributed by atoms with Crippen molar-refractivity contribution in [2.75, 3.05) is 24.6 Å². The fourth-order valence-electron chi connectivity index (χ4n) is 1.61. The topological polar surface area (TPSA) is 84.1 Å². The third kappa shape index (κ3) is 1.88. The molecule has 2 heterocycles. The van der Waals surface area contributed by atoms with Gasteiger partial charge in [0.2, 0.25) is 5.91 Å². The molecule has 0 aliphatic carbocycles. The smallest absolute Gasteiger partial charge is 0.244 e. The molecule has 1 unspecified atom stereocenters. The van der Waals surface area contributed by atoms with Crippen LogP contribution >= 0.6 is 11.6 Å². The number of halogens is 1. The number of amides is 1. The number of nitrogens with two attached hydrogens (primary N) is 1. The fraction of sp³-hybridized carbons (Fsp3) is 0.444. The zero-order chi connectivity index (χ0) is 11.7. The average Bonchev–Trinajstić information content (AvgIpc) is 2.57. The number of likely N-dealkylation sites (tertiary alicyclic amines) is 1. The summed E-state index contributed by atoms with van der Waals surface area (Å²) >= 11 is 5.92. The van der Waals surface area contributed by atoms with E-state index >= 15 is 0 Å². The molecule has 1 aromatic rings. The molecule has 0 radical (unpaired) electrons. The normalized spacial score (nSPS) is 20.2. The lowest BCUT2D eigenvalue weighted by atomic mass is 10.2. The summed E-state index contributed by atoms with van der Waals surface area (Å²) in [6, 6.07) is -0.281. The molecule has 0 spiro atoms. The number of rotatable bonds is 2. The third-order valence-electron chi connectivity index (χ3n) is 2.55. The van der Waals surface area contributed by atoms with Gasteiger partial charge in [0.15, 0.2) is 5.82 Å².